The highest BCUT2D eigenvalue weighted by Crippen LogP contribution is 2.86. The Morgan fingerprint density at radius 1 is 0.620 bits per heavy atom. The molecule has 4 aliphatic carbocycles. The monoisotopic (exact) mass is 1030 g/mol. The third kappa shape index (κ3) is 7.40. The van der Waals surface area contributed by atoms with Gasteiger partial charge in [0.25, 0.3) is 6.71 Å². The van der Waals surface area contributed by atoms with Crippen molar-refractivity contribution in [1.29, 1.82) is 0 Å². The van der Waals surface area contributed by atoms with Crippen LogP contribution in [0.2, 0.25) is 0 Å². The van der Waals surface area contributed by atoms with Crippen molar-refractivity contribution in [3.63, 3.8) is 0 Å². The molecule has 6 aliphatic rings. The zero-order valence-corrected chi connectivity index (χ0v) is 47.3. The predicted molar refractivity (Wildman–Crippen MR) is 337 cm³/mol. The van der Waals surface area contributed by atoms with Crippen molar-refractivity contribution in [3.8, 4) is 11.1 Å². The van der Waals surface area contributed by atoms with E-state index >= 15 is 0 Å². The number of hydrogen-bond donors (Lipinski definition) is 0. The molecular formula is C76H74BN2+. The number of benzene rings is 9. The van der Waals surface area contributed by atoms with Gasteiger partial charge >= 0.3 is 0 Å². The first-order valence-electron chi connectivity index (χ1n) is 30.1. The zero-order valence-electron chi connectivity index (χ0n) is 47.3. The van der Waals surface area contributed by atoms with Gasteiger partial charge in [-0.15, -0.1) is 0 Å². The van der Waals surface area contributed by atoms with Crippen molar-refractivity contribution in [2.45, 2.75) is 110 Å². The molecule has 390 valence electrons. The fourth-order valence-electron chi connectivity index (χ4n) is 17.2. The van der Waals surface area contributed by atoms with E-state index in [1.807, 2.05) is 0 Å². The molecule has 15 rings (SSSR count). The summed E-state index contributed by atoms with van der Waals surface area (Å²) in [6, 6.07) is 76.2. The van der Waals surface area contributed by atoms with Crippen molar-refractivity contribution < 1.29 is 0 Å². The summed E-state index contributed by atoms with van der Waals surface area (Å²) in [6.45, 7) is 11.7. The Hall–Kier alpha value is -7.20. The van der Waals surface area contributed by atoms with Gasteiger partial charge in [0.2, 0.25) is 0 Å². The van der Waals surface area contributed by atoms with Crippen LogP contribution in [-0.2, 0) is 30.1 Å². The van der Waals surface area contributed by atoms with E-state index in [2.05, 4.69) is 247 Å². The lowest BCUT2D eigenvalue weighted by molar-refractivity contribution is -0.198. The van der Waals surface area contributed by atoms with E-state index in [9.17, 15) is 0 Å². The SMILES string of the molecule is CCCCc1ccc2c(c1)B1c3ccc(C/C(=C/c4ccc(-c5ccccc5)cc4)c4ccc5ccccc5c4)cc3[N+](C)(c3ccc(C(C)(C)C)cc3)c3cc(C45CC6CC7CC(C4)C75C6)cc(c31)N2c1ccc(CC)cc1. The summed E-state index contributed by atoms with van der Waals surface area (Å²) in [5.74, 6) is 2.65. The van der Waals surface area contributed by atoms with Crippen LogP contribution in [0.3, 0.4) is 0 Å². The molecule has 4 saturated carbocycles. The van der Waals surface area contributed by atoms with Gasteiger partial charge in [-0.05, 0) is 194 Å². The van der Waals surface area contributed by atoms with Crippen LogP contribution in [0.15, 0.2) is 194 Å². The van der Waals surface area contributed by atoms with Crippen molar-refractivity contribution in [2.24, 2.45) is 23.2 Å². The minimum atomic E-state index is 0.0367. The molecule has 9 aromatic rings. The van der Waals surface area contributed by atoms with Crippen LogP contribution < -0.4 is 25.8 Å². The highest BCUT2D eigenvalue weighted by atomic mass is 15.4. The second kappa shape index (κ2) is 18.2. The fourth-order valence-corrected chi connectivity index (χ4v) is 17.2. The zero-order chi connectivity index (χ0) is 53.4. The normalized spacial score (nSPS) is 23.9. The first-order chi connectivity index (χ1) is 38.5. The minimum absolute atomic E-state index is 0.0367. The highest BCUT2D eigenvalue weighted by molar-refractivity contribution is 7.00. The lowest BCUT2D eigenvalue weighted by atomic mass is 9.30. The van der Waals surface area contributed by atoms with Gasteiger partial charge in [0.1, 0.15) is 17.1 Å². The van der Waals surface area contributed by atoms with E-state index in [-0.39, 0.29) is 17.5 Å². The van der Waals surface area contributed by atoms with E-state index in [1.54, 1.807) is 5.56 Å². The largest absolute Gasteiger partial charge is 0.311 e. The molecule has 3 heteroatoms. The number of aryl methyl sites for hydroxylation is 2. The smallest absolute Gasteiger partial charge is 0.262 e. The van der Waals surface area contributed by atoms with Crippen molar-refractivity contribution in [3.05, 3.63) is 233 Å². The van der Waals surface area contributed by atoms with Crippen molar-refractivity contribution in [1.82, 2.24) is 4.48 Å². The summed E-state index contributed by atoms with van der Waals surface area (Å²) in [5, 5.41) is 2.54. The summed E-state index contributed by atoms with van der Waals surface area (Å²) in [4.78, 5) is 2.71. The topological polar surface area (TPSA) is 3.24 Å². The van der Waals surface area contributed by atoms with Gasteiger partial charge in [-0.2, -0.15) is 0 Å². The van der Waals surface area contributed by atoms with Gasteiger partial charge in [-0.25, -0.2) is 4.48 Å². The molecule has 1 spiro atoms. The van der Waals surface area contributed by atoms with Gasteiger partial charge < -0.3 is 4.90 Å². The van der Waals surface area contributed by atoms with Crippen LogP contribution in [0.25, 0.3) is 33.5 Å². The summed E-state index contributed by atoms with van der Waals surface area (Å²) in [7, 11) is 2.57. The number of quaternary nitrogens is 1. The molecule has 2 nitrogen and oxygen atoms in total. The maximum absolute atomic E-state index is 2.82. The lowest BCUT2D eigenvalue weighted by Crippen LogP contribution is -2.69. The Kier molecular flexibility index (Phi) is 11.2. The van der Waals surface area contributed by atoms with Gasteiger partial charge in [0.05, 0.1) is 7.05 Å². The van der Waals surface area contributed by atoms with Crippen molar-refractivity contribution in [2.75, 3.05) is 11.9 Å². The Morgan fingerprint density at radius 2 is 1.37 bits per heavy atom. The summed E-state index contributed by atoms with van der Waals surface area (Å²) in [6.07, 6.45) is 14.8. The quantitative estimate of drug-likeness (QED) is 0.0670. The van der Waals surface area contributed by atoms with Crippen LogP contribution in [0, 0.1) is 23.2 Å². The van der Waals surface area contributed by atoms with Crippen molar-refractivity contribution >= 4 is 79.6 Å². The molecule has 79 heavy (non-hydrogen) atoms. The molecule has 2 bridgehead atoms. The molecular weight excluding hydrogens is 952 g/mol. The average molecular weight is 1030 g/mol. The second-order valence-electron chi connectivity index (χ2n) is 26.3. The lowest BCUT2D eigenvalue weighted by Gasteiger charge is -2.73. The van der Waals surface area contributed by atoms with E-state index in [0.29, 0.717) is 9.90 Å². The Balaban J connectivity index is 0.965. The van der Waals surface area contributed by atoms with Gasteiger partial charge in [-0.1, -0.05) is 187 Å². The van der Waals surface area contributed by atoms with E-state index in [1.165, 1.54) is 156 Å². The molecule has 6 atom stereocenters. The number of hydrogen-bond acceptors (Lipinski definition) is 1. The number of allylic oxidation sites excluding steroid dienone is 1. The third-order valence-corrected chi connectivity index (χ3v) is 21.2. The van der Waals surface area contributed by atoms with E-state index < -0.39 is 0 Å². The Morgan fingerprint density at radius 3 is 2.11 bits per heavy atom. The second-order valence-corrected chi connectivity index (χ2v) is 26.3. The first-order valence-corrected chi connectivity index (χ1v) is 30.1. The fraction of sp³-hybridized carbons (Fsp3) is 0.289. The van der Waals surface area contributed by atoms with Crippen LogP contribution in [0.4, 0.5) is 34.1 Å². The number of anilines is 3. The number of nitrogens with zero attached hydrogens (tertiary/aromatic N) is 2. The Bertz CT molecular complexity index is 3900. The van der Waals surface area contributed by atoms with E-state index in [4.69, 9.17) is 0 Å². The first kappa shape index (κ1) is 48.9. The van der Waals surface area contributed by atoms with Gasteiger partial charge in [-0.3, -0.25) is 0 Å². The van der Waals surface area contributed by atoms with Crippen LogP contribution in [-0.4, -0.2) is 13.8 Å². The molecule has 9 aromatic carbocycles. The van der Waals surface area contributed by atoms with E-state index in [0.717, 1.165) is 37.0 Å². The van der Waals surface area contributed by atoms with Crippen LogP contribution in [0.5, 0.6) is 0 Å². The number of fused-ring (bicyclic) bond motifs is 6. The predicted octanol–water partition coefficient (Wildman–Crippen LogP) is 17.8. The molecule has 6 unspecified atom stereocenters. The molecule has 2 aliphatic heterocycles. The number of unbranched alkanes of at least 4 members (excludes halogenated alkanes) is 1. The molecule has 4 fully saturated rings. The van der Waals surface area contributed by atoms with Crippen LogP contribution >= 0.6 is 0 Å². The molecule has 0 aromatic heterocycles. The molecule has 0 amide bonds. The summed E-state index contributed by atoms with van der Waals surface area (Å²) < 4.78 is 0.614. The van der Waals surface area contributed by atoms with Crippen LogP contribution in [0.1, 0.15) is 119 Å². The maximum Gasteiger partial charge on any atom is 0.262 e. The molecule has 0 N–H and O–H groups in total. The molecule has 2 heterocycles. The third-order valence-electron chi connectivity index (χ3n) is 21.2. The average Bonchev–Trinajstić information content (AvgIpc) is 2.77. The standard InChI is InChI=1S/C76H74BN2/c1-7-9-15-51-25-37-69-68(41-51)77-67-36-24-53(39-60(59-29-28-56-18-13-14-19-58(56)43-59)38-52-20-26-57(27-21-52)55-16-11-10-12-17-55)42-71(67)79(6,66-34-30-61(31-35-66)74(3,4)5)72-46-62(75-47-54-40-63-44-64(49-75)76(63,75)48-54)45-70(73(72)77)78(69)65-32-22-50(8-2)23-33-65/h10-14,16-38,41-43,45-46,54,63-64H,7-9,15,39-40,44,47-49H2,1-6H3/q+1/b60-38-. The van der Waals surface area contributed by atoms with Gasteiger partial charge in [0.15, 0.2) is 0 Å². The molecule has 0 saturated heterocycles. The minimum Gasteiger partial charge on any atom is -0.311 e. The van der Waals surface area contributed by atoms with Gasteiger partial charge in [0, 0.05) is 52.2 Å². The maximum atomic E-state index is 2.82. The molecule has 0 radical (unpaired) electrons. The Labute approximate surface area is 470 Å². The summed E-state index contributed by atoms with van der Waals surface area (Å²) >= 11 is 0. The number of rotatable bonds is 12. The highest BCUT2D eigenvalue weighted by Gasteiger charge is 2.80. The summed E-state index contributed by atoms with van der Waals surface area (Å²) in [5.41, 5.74) is 26.7.